The van der Waals surface area contributed by atoms with Gasteiger partial charge < -0.3 is 15.0 Å². The van der Waals surface area contributed by atoms with Crippen LogP contribution in [0, 0.1) is 6.92 Å². The quantitative estimate of drug-likeness (QED) is 0.145. The van der Waals surface area contributed by atoms with Crippen molar-refractivity contribution < 1.29 is 22.7 Å². The van der Waals surface area contributed by atoms with Gasteiger partial charge in [0.2, 0.25) is 11.8 Å². The van der Waals surface area contributed by atoms with Gasteiger partial charge in [0, 0.05) is 34.6 Å². The summed E-state index contributed by atoms with van der Waals surface area (Å²) in [6.07, 6.45) is 3.94. The highest BCUT2D eigenvalue weighted by Gasteiger charge is 2.36. The molecule has 4 aromatic rings. The molecule has 1 aliphatic carbocycles. The molecule has 1 N–H and O–H groups in total. The molecule has 0 heterocycles. The van der Waals surface area contributed by atoms with E-state index in [9.17, 15) is 18.0 Å². The van der Waals surface area contributed by atoms with Crippen LogP contribution in [0.2, 0.25) is 10.0 Å². The molecule has 2 amide bonds. The van der Waals surface area contributed by atoms with Gasteiger partial charge in [0.1, 0.15) is 18.3 Å². The van der Waals surface area contributed by atoms with Crippen LogP contribution in [0.1, 0.15) is 49.3 Å². The van der Waals surface area contributed by atoms with Crippen LogP contribution in [0.5, 0.6) is 5.75 Å². The van der Waals surface area contributed by atoms with Gasteiger partial charge in [0.15, 0.2) is 0 Å². The molecule has 0 radical (unpaired) electrons. The largest absolute Gasteiger partial charge is 0.494 e. The van der Waals surface area contributed by atoms with Crippen molar-refractivity contribution in [1.82, 2.24) is 10.2 Å². The Hall–Kier alpha value is -4.05. The molecule has 1 aliphatic rings. The molecule has 5 rings (SSSR count). The zero-order valence-corrected chi connectivity index (χ0v) is 30.0. The number of carbonyl (C=O) groups is 2. The van der Waals surface area contributed by atoms with E-state index >= 15 is 0 Å². The number of halogens is 2. The van der Waals surface area contributed by atoms with E-state index in [1.54, 1.807) is 54.6 Å². The first-order valence-electron chi connectivity index (χ1n) is 16.5. The van der Waals surface area contributed by atoms with Gasteiger partial charge in [0.25, 0.3) is 10.0 Å². The number of nitrogens with one attached hydrogen (secondary N) is 1. The minimum absolute atomic E-state index is 0.00396. The highest BCUT2D eigenvalue weighted by Crippen LogP contribution is 2.30. The van der Waals surface area contributed by atoms with Crippen LogP contribution in [0.15, 0.2) is 102 Å². The van der Waals surface area contributed by atoms with E-state index < -0.39 is 28.5 Å². The monoisotopic (exact) mass is 721 g/mol. The van der Waals surface area contributed by atoms with Gasteiger partial charge in [-0.15, -0.1) is 0 Å². The number of amides is 2. The van der Waals surface area contributed by atoms with Crippen LogP contribution in [0.3, 0.4) is 0 Å². The topological polar surface area (TPSA) is 96.0 Å². The lowest BCUT2D eigenvalue weighted by Crippen LogP contribution is -2.54. The summed E-state index contributed by atoms with van der Waals surface area (Å²) in [5.74, 6) is -0.378. The van der Waals surface area contributed by atoms with Crippen LogP contribution in [0.4, 0.5) is 5.69 Å². The lowest BCUT2D eigenvalue weighted by molar-refractivity contribution is -0.140. The predicted octanol–water partition coefficient (Wildman–Crippen LogP) is 7.59. The fourth-order valence-electron chi connectivity index (χ4n) is 6.02. The fraction of sp³-hybridized carbons (Fsp3) is 0.316. The van der Waals surface area contributed by atoms with Crippen LogP contribution in [-0.4, -0.2) is 50.4 Å². The molecule has 0 aliphatic heterocycles. The average molecular weight is 723 g/mol. The molecular formula is C38H41Cl2N3O5S. The minimum Gasteiger partial charge on any atom is -0.494 e. The Labute approximate surface area is 299 Å². The summed E-state index contributed by atoms with van der Waals surface area (Å²) in [4.78, 5) is 30.3. The SMILES string of the molecule is CCOc1ccc(S(=O)(=O)N(CC(=O)N(Cc2c(Cl)cccc2Cl)[C@@H](Cc2ccccc2)C(=O)NC2CCCC2)c2ccc(C)cc2)cc1. The van der Waals surface area contributed by atoms with E-state index in [0.29, 0.717) is 33.7 Å². The third-order valence-corrected chi connectivity index (χ3v) is 11.2. The first kappa shape index (κ1) is 36.2. The number of nitrogens with zero attached hydrogens (tertiary/aromatic N) is 2. The maximum atomic E-state index is 14.7. The van der Waals surface area contributed by atoms with Gasteiger partial charge in [-0.1, -0.05) is 90.1 Å². The van der Waals surface area contributed by atoms with E-state index in [-0.39, 0.29) is 29.8 Å². The second-order valence-electron chi connectivity index (χ2n) is 12.2. The Morgan fingerprint density at radius 3 is 2.12 bits per heavy atom. The molecule has 0 spiro atoms. The summed E-state index contributed by atoms with van der Waals surface area (Å²) in [6, 6.07) is 26.5. The molecule has 8 nitrogen and oxygen atoms in total. The van der Waals surface area contributed by atoms with Crippen molar-refractivity contribution in [3.05, 3.63) is 124 Å². The lowest BCUT2D eigenvalue weighted by atomic mass is 10.0. The van der Waals surface area contributed by atoms with E-state index in [1.807, 2.05) is 44.2 Å². The predicted molar refractivity (Wildman–Crippen MR) is 195 cm³/mol. The maximum absolute atomic E-state index is 14.7. The fourth-order valence-corrected chi connectivity index (χ4v) is 7.95. The summed E-state index contributed by atoms with van der Waals surface area (Å²) in [7, 11) is -4.26. The maximum Gasteiger partial charge on any atom is 0.264 e. The third kappa shape index (κ3) is 9.15. The van der Waals surface area contributed by atoms with Crippen molar-refractivity contribution >= 4 is 50.7 Å². The molecule has 11 heteroatoms. The molecule has 1 saturated carbocycles. The molecular weight excluding hydrogens is 681 g/mol. The van der Waals surface area contributed by atoms with Crippen molar-refractivity contribution in [2.24, 2.45) is 0 Å². The zero-order chi connectivity index (χ0) is 35.0. The second-order valence-corrected chi connectivity index (χ2v) is 14.8. The zero-order valence-electron chi connectivity index (χ0n) is 27.6. The molecule has 0 bridgehead atoms. The first-order chi connectivity index (χ1) is 23.6. The number of aryl methyl sites for hydroxylation is 1. The van der Waals surface area contributed by atoms with Crippen molar-refractivity contribution in [3.63, 3.8) is 0 Å². The van der Waals surface area contributed by atoms with E-state index in [4.69, 9.17) is 27.9 Å². The molecule has 0 saturated heterocycles. The molecule has 0 unspecified atom stereocenters. The molecule has 4 aromatic carbocycles. The summed E-state index contributed by atoms with van der Waals surface area (Å²) < 4.78 is 35.3. The standard InChI is InChI=1S/C38H41Cl2N3O5S/c1-3-48-31-20-22-32(23-21-31)49(46,47)43(30-18-16-27(2)17-19-30)26-37(44)42(25-33-34(39)14-9-15-35(33)40)36(24-28-10-5-4-6-11-28)38(45)41-29-12-7-8-13-29/h4-6,9-11,14-23,29,36H,3,7-8,12-13,24-26H2,1-2H3,(H,41,45)/t36-/m0/s1. The van der Waals surface area contributed by atoms with Crippen molar-refractivity contribution in [2.45, 2.75) is 69.5 Å². The number of benzene rings is 4. The van der Waals surface area contributed by atoms with Crippen LogP contribution in [-0.2, 0) is 32.6 Å². The van der Waals surface area contributed by atoms with Gasteiger partial charge in [-0.05, 0) is 80.8 Å². The van der Waals surface area contributed by atoms with Gasteiger partial charge >= 0.3 is 0 Å². The number of rotatable bonds is 14. The van der Waals surface area contributed by atoms with Gasteiger partial charge in [-0.2, -0.15) is 0 Å². The summed E-state index contributed by atoms with van der Waals surface area (Å²) >= 11 is 13.2. The second kappa shape index (κ2) is 16.6. The third-order valence-electron chi connectivity index (χ3n) is 8.69. The molecule has 258 valence electrons. The number of carbonyl (C=O) groups excluding carboxylic acids is 2. The molecule has 1 atom stereocenters. The molecule has 0 aromatic heterocycles. The highest BCUT2D eigenvalue weighted by molar-refractivity contribution is 7.92. The number of hydrogen-bond acceptors (Lipinski definition) is 5. The lowest BCUT2D eigenvalue weighted by Gasteiger charge is -2.34. The Morgan fingerprint density at radius 2 is 1.51 bits per heavy atom. The summed E-state index contributed by atoms with van der Waals surface area (Å²) in [5, 5.41) is 3.83. The Bertz CT molecular complexity index is 1810. The molecule has 49 heavy (non-hydrogen) atoms. The Kier molecular flexibility index (Phi) is 12.3. The highest BCUT2D eigenvalue weighted by atomic mass is 35.5. The average Bonchev–Trinajstić information content (AvgIpc) is 3.60. The van der Waals surface area contributed by atoms with Crippen LogP contribution in [0.25, 0.3) is 0 Å². The first-order valence-corrected chi connectivity index (χ1v) is 18.7. The van der Waals surface area contributed by atoms with E-state index in [1.165, 1.54) is 17.0 Å². The van der Waals surface area contributed by atoms with Gasteiger partial charge in [0.05, 0.1) is 17.2 Å². The van der Waals surface area contributed by atoms with Crippen LogP contribution >= 0.6 is 23.2 Å². The Morgan fingerprint density at radius 1 is 0.878 bits per heavy atom. The van der Waals surface area contributed by atoms with Crippen LogP contribution < -0.4 is 14.4 Å². The number of anilines is 1. The van der Waals surface area contributed by atoms with Crippen molar-refractivity contribution in [2.75, 3.05) is 17.5 Å². The van der Waals surface area contributed by atoms with Crippen molar-refractivity contribution in [1.29, 1.82) is 0 Å². The number of hydrogen-bond donors (Lipinski definition) is 1. The number of sulfonamides is 1. The molecule has 1 fully saturated rings. The van der Waals surface area contributed by atoms with Gasteiger partial charge in [-0.25, -0.2) is 8.42 Å². The van der Waals surface area contributed by atoms with Gasteiger partial charge in [-0.3, -0.25) is 13.9 Å². The van der Waals surface area contributed by atoms with Crippen molar-refractivity contribution in [3.8, 4) is 5.75 Å². The summed E-state index contributed by atoms with van der Waals surface area (Å²) in [5.41, 5.74) is 2.53. The normalized spacial score (nSPS) is 13.9. The smallest absolute Gasteiger partial charge is 0.264 e. The summed E-state index contributed by atoms with van der Waals surface area (Å²) in [6.45, 7) is 3.47. The number of ether oxygens (including phenoxy) is 1. The van der Waals surface area contributed by atoms with E-state index in [2.05, 4.69) is 5.32 Å². The Balaban J connectivity index is 1.58. The van der Waals surface area contributed by atoms with E-state index in [0.717, 1.165) is 41.1 Å². The minimum atomic E-state index is -4.26.